The van der Waals surface area contributed by atoms with Crippen LogP contribution in [0.5, 0.6) is 5.75 Å². The first-order chi connectivity index (χ1) is 7.66. The molecular formula is C12H13Br2NO. The van der Waals surface area contributed by atoms with Gasteiger partial charge in [0.1, 0.15) is 5.75 Å². The van der Waals surface area contributed by atoms with Gasteiger partial charge in [0.05, 0.1) is 6.61 Å². The molecule has 0 saturated carbocycles. The predicted molar refractivity (Wildman–Crippen MR) is 73.1 cm³/mol. The first-order valence-corrected chi connectivity index (χ1v) is 6.74. The summed E-state index contributed by atoms with van der Waals surface area (Å²) in [7, 11) is 0. The molecule has 4 heteroatoms. The molecule has 1 heterocycles. The van der Waals surface area contributed by atoms with Crippen LogP contribution in [0.4, 0.5) is 0 Å². The molecule has 2 nitrogen and oxygen atoms in total. The number of rotatable bonds is 3. The van der Waals surface area contributed by atoms with Gasteiger partial charge in [-0.15, -0.1) is 0 Å². The number of benzene rings is 1. The summed E-state index contributed by atoms with van der Waals surface area (Å²) >= 11 is 6.85. The minimum absolute atomic E-state index is 0.343. The molecule has 1 atom stereocenters. The maximum absolute atomic E-state index is 5.62. The van der Waals surface area contributed by atoms with Crippen LogP contribution in [0.25, 0.3) is 0 Å². The van der Waals surface area contributed by atoms with Crippen molar-refractivity contribution in [3.05, 3.63) is 39.3 Å². The summed E-state index contributed by atoms with van der Waals surface area (Å²) in [6.07, 6.45) is 0.990. The molecular weight excluding hydrogens is 334 g/mol. The molecule has 0 spiro atoms. The van der Waals surface area contributed by atoms with Crippen molar-refractivity contribution < 1.29 is 4.74 Å². The predicted octanol–water partition coefficient (Wildman–Crippen LogP) is 3.77. The average molecular weight is 347 g/mol. The van der Waals surface area contributed by atoms with Crippen molar-refractivity contribution in [1.29, 1.82) is 0 Å². The molecule has 0 aliphatic carbocycles. The van der Waals surface area contributed by atoms with E-state index in [1.165, 1.54) is 5.56 Å². The van der Waals surface area contributed by atoms with E-state index in [1.54, 1.807) is 0 Å². The number of nitrogens with one attached hydrogen (secondary N) is 1. The standard InChI is InChI=1S/C12H13Br2NO/c1-8(13)7-15-11-4-5-16-12-3-2-9(14)6-10(11)12/h2-3,6,11,15H,1,4-5,7H2. The number of hydrogen-bond donors (Lipinski definition) is 1. The van der Waals surface area contributed by atoms with E-state index in [4.69, 9.17) is 4.74 Å². The van der Waals surface area contributed by atoms with Gasteiger partial charge in [-0.05, 0) is 18.2 Å². The lowest BCUT2D eigenvalue weighted by Gasteiger charge is -2.27. The van der Waals surface area contributed by atoms with Crippen LogP contribution in [-0.4, -0.2) is 13.2 Å². The maximum atomic E-state index is 5.62. The molecule has 1 N–H and O–H groups in total. The summed E-state index contributed by atoms with van der Waals surface area (Å²) < 4.78 is 7.67. The first-order valence-electron chi connectivity index (χ1n) is 5.16. The van der Waals surface area contributed by atoms with E-state index < -0.39 is 0 Å². The fourth-order valence-electron chi connectivity index (χ4n) is 1.81. The van der Waals surface area contributed by atoms with Crippen LogP contribution in [0.1, 0.15) is 18.0 Å². The molecule has 1 aliphatic rings. The first kappa shape index (κ1) is 12.1. The van der Waals surface area contributed by atoms with Crippen molar-refractivity contribution in [1.82, 2.24) is 5.32 Å². The third-order valence-corrected chi connectivity index (χ3v) is 3.33. The van der Waals surface area contributed by atoms with Gasteiger partial charge < -0.3 is 10.1 Å². The van der Waals surface area contributed by atoms with Crippen molar-refractivity contribution in [2.45, 2.75) is 12.5 Å². The number of hydrogen-bond acceptors (Lipinski definition) is 2. The largest absolute Gasteiger partial charge is 0.493 e. The molecule has 0 saturated heterocycles. The lowest BCUT2D eigenvalue weighted by Crippen LogP contribution is -2.27. The Bertz CT molecular complexity index is 406. The highest BCUT2D eigenvalue weighted by Gasteiger charge is 2.20. The van der Waals surface area contributed by atoms with Gasteiger partial charge in [-0.2, -0.15) is 0 Å². The van der Waals surface area contributed by atoms with E-state index in [9.17, 15) is 0 Å². The van der Waals surface area contributed by atoms with Crippen LogP contribution < -0.4 is 10.1 Å². The Morgan fingerprint density at radius 1 is 1.56 bits per heavy atom. The molecule has 16 heavy (non-hydrogen) atoms. The van der Waals surface area contributed by atoms with Gasteiger partial charge >= 0.3 is 0 Å². The molecule has 1 aliphatic heterocycles. The number of ether oxygens (including phenoxy) is 1. The van der Waals surface area contributed by atoms with Crippen molar-refractivity contribution >= 4 is 31.9 Å². The Hall–Kier alpha value is -0.320. The third kappa shape index (κ3) is 2.87. The fraction of sp³-hybridized carbons (Fsp3) is 0.333. The average Bonchev–Trinajstić information content (AvgIpc) is 2.26. The summed E-state index contributed by atoms with van der Waals surface area (Å²) in [5, 5.41) is 3.46. The number of fused-ring (bicyclic) bond motifs is 1. The van der Waals surface area contributed by atoms with Crippen LogP contribution in [0.15, 0.2) is 33.7 Å². The van der Waals surface area contributed by atoms with Crippen LogP contribution in [0, 0.1) is 0 Å². The molecule has 0 fully saturated rings. The zero-order chi connectivity index (χ0) is 11.5. The fourth-order valence-corrected chi connectivity index (χ4v) is 2.35. The zero-order valence-electron chi connectivity index (χ0n) is 8.80. The molecule has 0 bridgehead atoms. The Kier molecular flexibility index (Phi) is 4.05. The summed E-state index contributed by atoms with van der Waals surface area (Å²) in [6.45, 7) is 5.37. The monoisotopic (exact) mass is 345 g/mol. The quantitative estimate of drug-likeness (QED) is 0.899. The summed E-state index contributed by atoms with van der Waals surface area (Å²) in [5.74, 6) is 0.979. The van der Waals surface area contributed by atoms with E-state index in [1.807, 2.05) is 12.1 Å². The van der Waals surface area contributed by atoms with Gasteiger partial charge in [0.25, 0.3) is 0 Å². The smallest absolute Gasteiger partial charge is 0.124 e. The van der Waals surface area contributed by atoms with Crippen molar-refractivity contribution in [2.75, 3.05) is 13.2 Å². The van der Waals surface area contributed by atoms with Gasteiger partial charge in [-0.1, -0.05) is 38.4 Å². The second kappa shape index (κ2) is 5.34. The van der Waals surface area contributed by atoms with E-state index in [2.05, 4.69) is 49.8 Å². The Morgan fingerprint density at radius 3 is 3.12 bits per heavy atom. The van der Waals surface area contributed by atoms with Crippen LogP contribution >= 0.6 is 31.9 Å². The Labute approximate surface area is 112 Å². The van der Waals surface area contributed by atoms with E-state index >= 15 is 0 Å². The third-order valence-electron chi connectivity index (χ3n) is 2.55. The normalized spacial score (nSPS) is 18.8. The second-order valence-electron chi connectivity index (χ2n) is 3.77. The molecule has 0 radical (unpaired) electrons. The minimum atomic E-state index is 0.343. The Morgan fingerprint density at radius 2 is 2.38 bits per heavy atom. The van der Waals surface area contributed by atoms with Crippen molar-refractivity contribution in [3.8, 4) is 5.75 Å². The summed E-state index contributed by atoms with van der Waals surface area (Å²) in [6, 6.07) is 6.47. The van der Waals surface area contributed by atoms with Crippen molar-refractivity contribution in [3.63, 3.8) is 0 Å². The molecule has 1 unspecified atom stereocenters. The van der Waals surface area contributed by atoms with E-state index in [0.29, 0.717) is 6.04 Å². The lowest BCUT2D eigenvalue weighted by atomic mass is 10.0. The molecule has 86 valence electrons. The highest BCUT2D eigenvalue weighted by atomic mass is 79.9. The van der Waals surface area contributed by atoms with Crippen LogP contribution in [0.3, 0.4) is 0 Å². The summed E-state index contributed by atoms with van der Waals surface area (Å²) in [4.78, 5) is 0. The molecule has 0 aromatic heterocycles. The Balaban J connectivity index is 2.18. The summed E-state index contributed by atoms with van der Waals surface area (Å²) in [5.41, 5.74) is 1.22. The maximum Gasteiger partial charge on any atom is 0.124 e. The lowest BCUT2D eigenvalue weighted by molar-refractivity contribution is 0.255. The van der Waals surface area contributed by atoms with E-state index in [0.717, 1.165) is 34.3 Å². The molecule has 2 rings (SSSR count). The molecule has 1 aromatic rings. The highest BCUT2D eigenvalue weighted by molar-refractivity contribution is 9.11. The van der Waals surface area contributed by atoms with E-state index in [-0.39, 0.29) is 0 Å². The molecule has 0 amide bonds. The topological polar surface area (TPSA) is 21.3 Å². The minimum Gasteiger partial charge on any atom is -0.493 e. The van der Waals surface area contributed by atoms with Gasteiger partial charge in [-0.25, -0.2) is 0 Å². The van der Waals surface area contributed by atoms with Gasteiger partial charge in [-0.3, -0.25) is 0 Å². The van der Waals surface area contributed by atoms with Gasteiger partial charge in [0, 0.05) is 33.5 Å². The van der Waals surface area contributed by atoms with Crippen molar-refractivity contribution in [2.24, 2.45) is 0 Å². The molecule has 1 aromatic carbocycles. The highest BCUT2D eigenvalue weighted by Crippen LogP contribution is 2.34. The van der Waals surface area contributed by atoms with Crippen LogP contribution in [-0.2, 0) is 0 Å². The second-order valence-corrected chi connectivity index (χ2v) is 5.81. The number of halogens is 2. The zero-order valence-corrected chi connectivity index (χ0v) is 12.0. The van der Waals surface area contributed by atoms with Gasteiger partial charge in [0.2, 0.25) is 0 Å². The SMILES string of the molecule is C=C(Br)CNC1CCOc2ccc(Br)cc21. The van der Waals surface area contributed by atoms with Gasteiger partial charge in [0.15, 0.2) is 0 Å². The van der Waals surface area contributed by atoms with Crippen LogP contribution in [0.2, 0.25) is 0 Å².